The number of hydrogen-bond donors (Lipinski definition) is 1. The molecule has 58 heavy (non-hydrogen) atoms. The lowest BCUT2D eigenvalue weighted by Gasteiger charge is -2.36. The Bertz CT molecular complexity index is 1370. The lowest BCUT2D eigenvalue weighted by Crippen LogP contribution is -2.27. The van der Waals surface area contributed by atoms with Crippen molar-refractivity contribution < 1.29 is 4.39 Å². The molecule has 0 radical (unpaired) electrons. The van der Waals surface area contributed by atoms with E-state index < -0.39 is 5.83 Å². The summed E-state index contributed by atoms with van der Waals surface area (Å²) in [6.07, 6.45) is 28.0. The fraction of sp³-hybridized carbons (Fsp3) is 0.582. The Balaban J connectivity index is -0.000000328. The molecule has 3 heteroatoms. The summed E-state index contributed by atoms with van der Waals surface area (Å²) < 4.78 is 14.0. The zero-order chi connectivity index (χ0) is 46.4. The van der Waals surface area contributed by atoms with Gasteiger partial charge < -0.3 is 5.32 Å². The van der Waals surface area contributed by atoms with Gasteiger partial charge in [-0.25, -0.2) is 4.39 Å². The van der Waals surface area contributed by atoms with Crippen LogP contribution in [0.25, 0.3) is 5.57 Å². The lowest BCUT2D eigenvalue weighted by atomic mass is 9.68. The first kappa shape index (κ1) is 63.5. The molecule has 2 aliphatic carbocycles. The summed E-state index contributed by atoms with van der Waals surface area (Å²) in [4.78, 5) is 4.56. The van der Waals surface area contributed by atoms with Crippen molar-refractivity contribution in [2.24, 2.45) is 22.7 Å². The average molecular weight is 803 g/mol. The lowest BCUT2D eigenvalue weighted by molar-refractivity contribution is 0.233. The van der Waals surface area contributed by atoms with E-state index in [1.165, 1.54) is 67.7 Å². The highest BCUT2D eigenvalue weighted by Crippen LogP contribution is 2.41. The van der Waals surface area contributed by atoms with E-state index in [2.05, 4.69) is 130 Å². The molecule has 3 rings (SSSR count). The molecule has 1 N–H and O–H groups in total. The number of benzene rings is 1. The van der Waals surface area contributed by atoms with Crippen LogP contribution in [0.4, 0.5) is 4.39 Å². The highest BCUT2D eigenvalue weighted by atomic mass is 19.1. The largest absolute Gasteiger partial charge is 0.356 e. The second-order valence-corrected chi connectivity index (χ2v) is 15.2. The molecule has 1 aromatic rings. The van der Waals surface area contributed by atoms with Gasteiger partial charge in [0.15, 0.2) is 0 Å². The summed E-state index contributed by atoms with van der Waals surface area (Å²) in [7, 11) is 0. The molecule has 2 saturated carbocycles. The van der Waals surface area contributed by atoms with Gasteiger partial charge in [0.25, 0.3) is 0 Å². The molecule has 0 aromatic heterocycles. The molecule has 0 bridgehead atoms. The van der Waals surface area contributed by atoms with Crippen molar-refractivity contribution in [3.63, 3.8) is 0 Å². The summed E-state index contributed by atoms with van der Waals surface area (Å²) in [6.45, 7) is 53.4. The Morgan fingerprint density at radius 2 is 1.33 bits per heavy atom. The first-order valence-corrected chi connectivity index (χ1v) is 22.6. The van der Waals surface area contributed by atoms with Gasteiger partial charge in [-0.1, -0.05) is 179 Å². The minimum atomic E-state index is -0.461. The van der Waals surface area contributed by atoms with Crippen molar-refractivity contribution in [3.8, 4) is 12.8 Å². The number of hydrogen-bond acceptors (Lipinski definition) is 2. The van der Waals surface area contributed by atoms with Gasteiger partial charge in [-0.05, 0) is 124 Å². The summed E-state index contributed by atoms with van der Waals surface area (Å²) >= 11 is 0. The molecule has 2 nitrogen and oxygen atoms in total. The van der Waals surface area contributed by atoms with E-state index in [0.29, 0.717) is 0 Å². The van der Waals surface area contributed by atoms with E-state index in [1.54, 1.807) is 6.21 Å². The maximum atomic E-state index is 14.0. The minimum absolute atomic E-state index is 0.00853. The minimum Gasteiger partial charge on any atom is -0.356 e. The van der Waals surface area contributed by atoms with E-state index in [9.17, 15) is 4.39 Å². The predicted molar refractivity (Wildman–Crippen MR) is 269 cm³/mol. The van der Waals surface area contributed by atoms with Crippen molar-refractivity contribution in [2.45, 2.75) is 194 Å². The van der Waals surface area contributed by atoms with E-state index in [0.717, 1.165) is 71.2 Å². The third-order valence-electron chi connectivity index (χ3n) is 9.56. The van der Waals surface area contributed by atoms with Gasteiger partial charge in [-0.3, -0.25) is 4.99 Å². The first-order valence-electron chi connectivity index (χ1n) is 22.6. The van der Waals surface area contributed by atoms with Crippen LogP contribution in [0, 0.1) is 37.5 Å². The number of halogens is 1. The number of aliphatic imine (C=N–C) groups is 1. The number of allylic oxidation sites excluding steroid dienone is 8. The van der Waals surface area contributed by atoms with Crippen LogP contribution in [-0.4, -0.2) is 6.21 Å². The van der Waals surface area contributed by atoms with Gasteiger partial charge >= 0.3 is 0 Å². The summed E-state index contributed by atoms with van der Waals surface area (Å²) in [5, 5.41) is 3.07. The van der Waals surface area contributed by atoms with Gasteiger partial charge in [-0.15, -0.1) is 12.8 Å². The molecule has 0 heterocycles. The first-order chi connectivity index (χ1) is 27.5. The van der Waals surface area contributed by atoms with Crippen LogP contribution in [-0.2, 0) is 5.41 Å². The van der Waals surface area contributed by atoms with Crippen LogP contribution >= 0.6 is 0 Å². The van der Waals surface area contributed by atoms with Crippen molar-refractivity contribution in [2.75, 3.05) is 0 Å². The number of terminal acetylenes is 1. The van der Waals surface area contributed by atoms with Crippen LogP contribution in [0.3, 0.4) is 0 Å². The Kier molecular flexibility index (Phi) is 44.0. The maximum absolute atomic E-state index is 14.0. The van der Waals surface area contributed by atoms with Crippen LogP contribution < -0.4 is 5.32 Å². The van der Waals surface area contributed by atoms with Crippen molar-refractivity contribution in [1.29, 1.82) is 0 Å². The fourth-order valence-corrected chi connectivity index (χ4v) is 6.70. The molecule has 2 fully saturated rings. The monoisotopic (exact) mass is 803 g/mol. The SMILES string of the molecule is C#C.C1CCCC1.C=C/C(F)=C(\C=C)N/C(C)=C(C)/C(=C\C(=C)c1ccc(C(CC)(CCC)C(=C)C)c(C)c1)N=CC.CC.CC.CC.CC(C)C.CC1CC(C)C1. The van der Waals surface area contributed by atoms with Gasteiger partial charge in [0, 0.05) is 17.3 Å². The molecule has 0 aliphatic heterocycles. The van der Waals surface area contributed by atoms with Crippen molar-refractivity contribution >= 4 is 11.8 Å². The van der Waals surface area contributed by atoms with Gasteiger partial charge in [0.1, 0.15) is 5.83 Å². The Morgan fingerprint density at radius 1 is 0.879 bits per heavy atom. The van der Waals surface area contributed by atoms with Crippen LogP contribution in [0.1, 0.15) is 199 Å². The maximum Gasteiger partial charge on any atom is 0.146 e. The second kappa shape index (κ2) is 40.2. The van der Waals surface area contributed by atoms with Crippen LogP contribution in [0.5, 0.6) is 0 Å². The molecule has 0 amide bonds. The molecular formula is C55H95FN2. The molecule has 332 valence electrons. The molecule has 1 atom stereocenters. The zero-order valence-corrected chi connectivity index (χ0v) is 41.7. The quantitative estimate of drug-likeness (QED) is 0.0913. The third kappa shape index (κ3) is 26.4. The molecular weight excluding hydrogens is 708 g/mol. The molecule has 1 aromatic carbocycles. The number of rotatable bonds is 13. The number of aryl methyl sites for hydroxylation is 1. The van der Waals surface area contributed by atoms with Crippen molar-refractivity contribution in [3.05, 3.63) is 113 Å². The third-order valence-corrected chi connectivity index (χ3v) is 9.56. The molecule has 2 aliphatic rings. The summed E-state index contributed by atoms with van der Waals surface area (Å²) in [5.41, 5.74) is 8.34. The van der Waals surface area contributed by atoms with Gasteiger partial charge in [0.05, 0.1) is 11.4 Å². The zero-order valence-electron chi connectivity index (χ0n) is 41.7. The smallest absolute Gasteiger partial charge is 0.146 e. The number of nitrogens with zero attached hydrogens (tertiary/aromatic N) is 1. The standard InChI is InChI=1S/C32H43FN2.C6H12.C5H10.C4H10.3C2H6.C2H2/c1-12-19-32(15-4,22(6)7)28-18-17-27(20-24(28)9)23(8)21-31(34-16-5)25(10)26(11)35-30(14-3)29(33)13-2;1-5-3-6(2)4-5;1-2-4-5-3-1;1-4(2)3;4*1-2/h13-14,16-18,20-21,35H,2-3,6,8,12,15,19H2,1,4-5,7,9-11H3;5-6H,3-4H2,1-2H3;1-5H2;4H,1-3H3;3*1-2H3;1-2H/b26-25+,30-29-,31-21+,34-16?;;;;;;;. The predicted octanol–water partition coefficient (Wildman–Crippen LogP) is 18.4. The molecule has 0 saturated heterocycles. The average Bonchev–Trinajstić information content (AvgIpc) is 3.82. The number of nitrogens with one attached hydrogen (secondary N) is 1. The van der Waals surface area contributed by atoms with Crippen LogP contribution in [0.15, 0.2) is 102 Å². The highest BCUT2D eigenvalue weighted by molar-refractivity contribution is 5.75. The summed E-state index contributed by atoms with van der Waals surface area (Å²) in [6, 6.07) is 6.57. The molecule has 0 spiro atoms. The Hall–Kier alpha value is -3.64. The highest BCUT2D eigenvalue weighted by Gasteiger charge is 2.31. The summed E-state index contributed by atoms with van der Waals surface area (Å²) in [5.74, 6) is 2.46. The van der Waals surface area contributed by atoms with Crippen LogP contribution in [0.2, 0.25) is 0 Å². The fourth-order valence-electron chi connectivity index (χ4n) is 6.70. The Morgan fingerprint density at radius 3 is 1.62 bits per heavy atom. The van der Waals surface area contributed by atoms with Gasteiger partial charge in [-0.2, -0.15) is 0 Å². The van der Waals surface area contributed by atoms with E-state index >= 15 is 0 Å². The molecule has 1 unspecified atom stereocenters. The van der Waals surface area contributed by atoms with E-state index in [4.69, 9.17) is 0 Å². The Labute approximate surface area is 363 Å². The van der Waals surface area contributed by atoms with E-state index in [-0.39, 0.29) is 11.1 Å². The van der Waals surface area contributed by atoms with Crippen molar-refractivity contribution in [1.82, 2.24) is 5.32 Å². The van der Waals surface area contributed by atoms with E-state index in [1.807, 2.05) is 68.4 Å². The normalized spacial score (nSPS) is 16.8. The second-order valence-electron chi connectivity index (χ2n) is 15.2. The van der Waals surface area contributed by atoms with Gasteiger partial charge in [0.2, 0.25) is 0 Å². The topological polar surface area (TPSA) is 24.4 Å².